The summed E-state index contributed by atoms with van der Waals surface area (Å²) >= 11 is 17.8. The zero-order chi connectivity index (χ0) is 10.3. The summed E-state index contributed by atoms with van der Waals surface area (Å²) < 4.78 is -1.21. The fourth-order valence-corrected chi connectivity index (χ4v) is 2.33. The Balaban J connectivity index is 2.71. The lowest BCUT2D eigenvalue weighted by Gasteiger charge is -2.23. The molecule has 1 aromatic carbocycles. The third-order valence-electron chi connectivity index (χ3n) is 2.06. The lowest BCUT2D eigenvalue weighted by molar-refractivity contribution is 0.103. The number of Topliss-reactive ketones (excluding diaryl/α,β-unsaturated/α-hetero) is 1. The van der Waals surface area contributed by atoms with Crippen molar-refractivity contribution in [2.24, 2.45) is 0 Å². The lowest BCUT2D eigenvalue weighted by atomic mass is 9.95. The van der Waals surface area contributed by atoms with Crippen LogP contribution in [0.1, 0.15) is 15.9 Å². The molecule has 0 aliphatic heterocycles. The van der Waals surface area contributed by atoms with E-state index in [4.69, 9.17) is 34.8 Å². The van der Waals surface area contributed by atoms with Crippen LogP contribution in [0.4, 0.5) is 0 Å². The molecule has 0 aromatic heterocycles. The molecule has 1 aliphatic carbocycles. The van der Waals surface area contributed by atoms with Crippen LogP contribution in [0.15, 0.2) is 35.4 Å². The molecule has 0 fully saturated rings. The van der Waals surface area contributed by atoms with E-state index in [0.717, 1.165) is 0 Å². The van der Waals surface area contributed by atoms with Gasteiger partial charge in [0.2, 0.25) is 5.78 Å². The molecule has 0 saturated heterocycles. The number of allylic oxidation sites excluding steroid dienone is 2. The molecule has 0 spiro atoms. The van der Waals surface area contributed by atoms with Gasteiger partial charge in [-0.15, -0.1) is 0 Å². The maximum atomic E-state index is 11.6. The van der Waals surface area contributed by atoms with Crippen LogP contribution in [0, 0.1) is 0 Å². The Kier molecular flexibility index (Phi) is 2.34. The maximum absolute atomic E-state index is 11.6. The van der Waals surface area contributed by atoms with Crippen molar-refractivity contribution in [2.45, 2.75) is 4.33 Å². The molecule has 0 amide bonds. The van der Waals surface area contributed by atoms with Gasteiger partial charge in [-0.05, 0) is 6.08 Å². The number of hydrogen-bond acceptors (Lipinski definition) is 1. The first-order valence-corrected chi connectivity index (χ1v) is 5.06. The Morgan fingerprint density at radius 2 is 1.79 bits per heavy atom. The Bertz CT molecular complexity index is 435. The number of carbonyl (C=O) groups excluding carboxylic acids is 1. The molecule has 0 unspecified atom stereocenters. The van der Waals surface area contributed by atoms with E-state index in [1.165, 1.54) is 6.08 Å². The van der Waals surface area contributed by atoms with Gasteiger partial charge >= 0.3 is 0 Å². The second kappa shape index (κ2) is 3.27. The molecular formula is C10H5Cl3O. The topological polar surface area (TPSA) is 17.1 Å². The predicted octanol–water partition coefficient (Wildman–Crippen LogP) is 3.64. The van der Waals surface area contributed by atoms with Crippen molar-refractivity contribution in [1.82, 2.24) is 0 Å². The van der Waals surface area contributed by atoms with Crippen LogP contribution in [0.5, 0.6) is 0 Å². The molecule has 0 bridgehead atoms. The zero-order valence-electron chi connectivity index (χ0n) is 6.93. The molecule has 2 rings (SSSR count). The summed E-state index contributed by atoms with van der Waals surface area (Å²) in [6, 6.07) is 6.90. The molecule has 14 heavy (non-hydrogen) atoms. The molecule has 0 heterocycles. The van der Waals surface area contributed by atoms with Crippen molar-refractivity contribution in [3.63, 3.8) is 0 Å². The highest BCUT2D eigenvalue weighted by molar-refractivity contribution is 6.54. The first-order valence-electron chi connectivity index (χ1n) is 3.93. The largest absolute Gasteiger partial charge is 0.288 e. The van der Waals surface area contributed by atoms with Crippen LogP contribution < -0.4 is 0 Å². The summed E-state index contributed by atoms with van der Waals surface area (Å²) in [4.78, 5) is 11.6. The summed E-state index contributed by atoms with van der Waals surface area (Å²) in [7, 11) is 0. The zero-order valence-corrected chi connectivity index (χ0v) is 9.20. The number of rotatable bonds is 0. The number of fused-ring (bicyclic) bond motifs is 1. The summed E-state index contributed by atoms with van der Waals surface area (Å²) in [5.41, 5.74) is 1.04. The van der Waals surface area contributed by atoms with Crippen molar-refractivity contribution in [3.05, 3.63) is 46.5 Å². The summed E-state index contributed by atoms with van der Waals surface area (Å²) in [6.45, 7) is 0. The van der Waals surface area contributed by atoms with Crippen molar-refractivity contribution in [3.8, 4) is 0 Å². The number of carbonyl (C=O) groups is 1. The van der Waals surface area contributed by atoms with Gasteiger partial charge in [0.25, 0.3) is 0 Å². The number of halogens is 3. The van der Waals surface area contributed by atoms with E-state index in [0.29, 0.717) is 11.1 Å². The van der Waals surface area contributed by atoms with E-state index in [-0.39, 0.29) is 10.8 Å². The van der Waals surface area contributed by atoms with Gasteiger partial charge in [-0.2, -0.15) is 0 Å². The molecule has 4 heteroatoms. The number of alkyl halides is 2. The van der Waals surface area contributed by atoms with E-state index in [1.54, 1.807) is 24.3 Å². The van der Waals surface area contributed by atoms with E-state index in [2.05, 4.69) is 0 Å². The smallest absolute Gasteiger partial charge is 0.204 e. The molecule has 0 radical (unpaired) electrons. The normalized spacial score (nSPS) is 18.8. The Morgan fingerprint density at radius 3 is 2.50 bits per heavy atom. The minimum absolute atomic E-state index is 0.0636. The molecule has 0 N–H and O–H groups in total. The molecule has 0 saturated carbocycles. The van der Waals surface area contributed by atoms with Gasteiger partial charge in [-0.1, -0.05) is 59.1 Å². The van der Waals surface area contributed by atoms with Gasteiger partial charge in [-0.25, -0.2) is 0 Å². The van der Waals surface area contributed by atoms with Crippen molar-refractivity contribution < 1.29 is 4.79 Å². The second-order valence-electron chi connectivity index (χ2n) is 2.99. The highest BCUT2D eigenvalue weighted by Crippen LogP contribution is 2.42. The Hall–Kier alpha value is -0.500. The van der Waals surface area contributed by atoms with Gasteiger partial charge in [0.05, 0.1) is 5.03 Å². The minimum atomic E-state index is -1.21. The number of benzene rings is 1. The second-order valence-corrected chi connectivity index (χ2v) is 4.78. The van der Waals surface area contributed by atoms with Crippen LogP contribution in [0.25, 0.3) is 0 Å². The highest BCUT2D eigenvalue weighted by atomic mass is 35.5. The number of ketones is 1. The molecule has 1 aromatic rings. The van der Waals surface area contributed by atoms with Gasteiger partial charge in [0.15, 0.2) is 4.33 Å². The fraction of sp³-hybridized carbons (Fsp3) is 0.100. The van der Waals surface area contributed by atoms with Crippen LogP contribution >= 0.6 is 34.8 Å². The van der Waals surface area contributed by atoms with Gasteiger partial charge < -0.3 is 0 Å². The highest BCUT2D eigenvalue weighted by Gasteiger charge is 2.34. The average Bonchev–Trinajstić information content (AvgIpc) is 2.14. The number of hydrogen-bond donors (Lipinski definition) is 0. The van der Waals surface area contributed by atoms with Gasteiger partial charge in [-0.3, -0.25) is 4.79 Å². The quantitative estimate of drug-likeness (QED) is 0.640. The summed E-state index contributed by atoms with van der Waals surface area (Å²) in [5, 5.41) is 0.0636. The first-order chi connectivity index (χ1) is 6.52. The molecule has 1 nitrogen and oxygen atoms in total. The third-order valence-corrected chi connectivity index (χ3v) is 2.96. The van der Waals surface area contributed by atoms with Crippen molar-refractivity contribution in [2.75, 3.05) is 0 Å². The Morgan fingerprint density at radius 1 is 1.14 bits per heavy atom. The van der Waals surface area contributed by atoms with E-state index in [1.807, 2.05) is 0 Å². The average molecular weight is 248 g/mol. The molecular weight excluding hydrogens is 242 g/mol. The fourth-order valence-electron chi connectivity index (χ4n) is 1.40. The SMILES string of the molecule is O=C1C(Cl)=CC(Cl)(Cl)c2ccccc21. The van der Waals surface area contributed by atoms with E-state index >= 15 is 0 Å². The summed E-state index contributed by atoms with van der Waals surface area (Å²) in [6.07, 6.45) is 1.35. The van der Waals surface area contributed by atoms with Crippen LogP contribution in [0.2, 0.25) is 0 Å². The summed E-state index contributed by atoms with van der Waals surface area (Å²) in [5.74, 6) is -0.237. The van der Waals surface area contributed by atoms with Crippen molar-refractivity contribution in [1.29, 1.82) is 0 Å². The maximum Gasteiger partial charge on any atom is 0.204 e. The van der Waals surface area contributed by atoms with Gasteiger partial charge in [0.1, 0.15) is 0 Å². The van der Waals surface area contributed by atoms with E-state index in [9.17, 15) is 4.79 Å². The Labute approximate surface area is 96.3 Å². The standard InChI is InChI=1S/C10H5Cl3O/c11-8-5-10(12,13)7-4-2-1-3-6(7)9(8)14/h1-5H. The van der Waals surface area contributed by atoms with Gasteiger partial charge in [0, 0.05) is 11.1 Å². The first kappa shape index (κ1) is 10.0. The van der Waals surface area contributed by atoms with Crippen LogP contribution in [-0.2, 0) is 4.33 Å². The predicted molar refractivity (Wildman–Crippen MR) is 58.1 cm³/mol. The molecule has 1 aliphatic rings. The lowest BCUT2D eigenvalue weighted by Crippen LogP contribution is -2.19. The monoisotopic (exact) mass is 246 g/mol. The minimum Gasteiger partial charge on any atom is -0.288 e. The third kappa shape index (κ3) is 1.46. The van der Waals surface area contributed by atoms with Crippen molar-refractivity contribution >= 4 is 40.6 Å². The van der Waals surface area contributed by atoms with Crippen LogP contribution in [-0.4, -0.2) is 5.78 Å². The van der Waals surface area contributed by atoms with Crippen LogP contribution in [0.3, 0.4) is 0 Å². The molecule has 72 valence electrons. The van der Waals surface area contributed by atoms with E-state index < -0.39 is 4.33 Å². The molecule has 0 atom stereocenters.